The molecule has 4 rings (SSSR count). The topological polar surface area (TPSA) is 86.2 Å². The minimum atomic E-state index is -4.54. The van der Waals surface area contributed by atoms with Crippen molar-refractivity contribution < 1.29 is 18.0 Å². The fourth-order valence-corrected chi connectivity index (χ4v) is 4.26. The molecule has 9 heteroatoms. The van der Waals surface area contributed by atoms with E-state index in [2.05, 4.69) is 21.7 Å². The molecule has 0 amide bonds. The van der Waals surface area contributed by atoms with Gasteiger partial charge in [0, 0.05) is 56.5 Å². The molecule has 1 aliphatic rings. The first-order valence-corrected chi connectivity index (χ1v) is 12.0. The number of ketones is 1. The molecule has 0 aliphatic carbocycles. The number of piperazine rings is 1. The summed E-state index contributed by atoms with van der Waals surface area (Å²) in [5, 5.41) is 9.42. The zero-order valence-electron chi connectivity index (χ0n) is 20.8. The Labute approximate surface area is 219 Å². The van der Waals surface area contributed by atoms with Crippen LogP contribution in [0, 0.1) is 23.2 Å². The van der Waals surface area contributed by atoms with E-state index in [0.29, 0.717) is 24.2 Å². The highest BCUT2D eigenvalue weighted by atomic mass is 19.4. The smallest absolute Gasteiger partial charge is 0.383 e. The standard InChI is InChI=1S/C29H26F3N5O/c1-36-9-11-37(12-10-36)19-24-7-5-21(16-26(24)29(30,31)32)17-27(38)25-14-20(13-22(15-25)18-33)4-6-23-3-2-8-35-28(23)34/h2-3,5,7-8,13-16H,9-12,17,19H2,1H3,(H2,34,35). The van der Waals surface area contributed by atoms with Gasteiger partial charge >= 0.3 is 6.18 Å². The number of hydrogen-bond donors (Lipinski definition) is 1. The molecule has 1 aliphatic heterocycles. The molecular weight excluding hydrogens is 491 g/mol. The van der Waals surface area contributed by atoms with Gasteiger partial charge in [0.05, 0.1) is 22.8 Å². The number of carbonyl (C=O) groups excluding carboxylic acids is 1. The molecule has 1 saturated heterocycles. The number of likely N-dealkylation sites (N-methyl/N-ethyl adjacent to an activating group) is 1. The Hall–Kier alpha value is -4.18. The molecule has 0 radical (unpaired) electrons. The SMILES string of the molecule is CN1CCN(Cc2ccc(CC(=O)c3cc(C#N)cc(C#Cc4cccnc4N)c3)cc2C(F)(F)F)CC1. The molecule has 1 aromatic heterocycles. The number of pyridine rings is 1. The molecule has 2 heterocycles. The summed E-state index contributed by atoms with van der Waals surface area (Å²) in [6.07, 6.45) is -3.25. The van der Waals surface area contributed by atoms with Crippen molar-refractivity contribution >= 4 is 11.6 Å². The highest BCUT2D eigenvalue weighted by molar-refractivity contribution is 5.98. The monoisotopic (exact) mass is 517 g/mol. The Bertz CT molecular complexity index is 1440. The second-order valence-corrected chi connectivity index (χ2v) is 9.27. The third-order valence-corrected chi connectivity index (χ3v) is 6.40. The minimum Gasteiger partial charge on any atom is -0.383 e. The van der Waals surface area contributed by atoms with Crippen LogP contribution in [0.3, 0.4) is 0 Å². The first-order valence-electron chi connectivity index (χ1n) is 12.0. The summed E-state index contributed by atoms with van der Waals surface area (Å²) in [5.74, 6) is 5.60. The van der Waals surface area contributed by atoms with Crippen LogP contribution in [0.15, 0.2) is 54.7 Å². The fraction of sp³-hybridized carbons (Fsp3) is 0.276. The summed E-state index contributed by atoms with van der Waals surface area (Å²) >= 11 is 0. The summed E-state index contributed by atoms with van der Waals surface area (Å²) < 4.78 is 41.8. The summed E-state index contributed by atoms with van der Waals surface area (Å²) in [6.45, 7) is 3.20. The number of aromatic nitrogens is 1. The van der Waals surface area contributed by atoms with Gasteiger partial charge in [-0.3, -0.25) is 9.69 Å². The molecule has 3 aromatic rings. The molecule has 2 aromatic carbocycles. The van der Waals surface area contributed by atoms with Crippen molar-refractivity contribution in [2.24, 2.45) is 0 Å². The molecule has 0 spiro atoms. The molecule has 2 N–H and O–H groups in total. The maximum Gasteiger partial charge on any atom is 0.416 e. The van der Waals surface area contributed by atoms with Crippen molar-refractivity contribution in [2.45, 2.75) is 19.1 Å². The average Bonchev–Trinajstić information content (AvgIpc) is 2.89. The lowest BCUT2D eigenvalue weighted by atomic mass is 9.96. The molecule has 194 valence electrons. The second-order valence-electron chi connectivity index (χ2n) is 9.27. The van der Waals surface area contributed by atoms with Crippen LogP contribution in [0.25, 0.3) is 0 Å². The van der Waals surface area contributed by atoms with Gasteiger partial charge in [-0.2, -0.15) is 18.4 Å². The molecule has 0 unspecified atom stereocenters. The maximum absolute atomic E-state index is 13.9. The van der Waals surface area contributed by atoms with Crippen LogP contribution in [0.5, 0.6) is 0 Å². The van der Waals surface area contributed by atoms with Crippen LogP contribution in [0.1, 0.15) is 43.7 Å². The first-order chi connectivity index (χ1) is 18.1. The average molecular weight is 518 g/mol. The summed E-state index contributed by atoms with van der Waals surface area (Å²) in [4.78, 5) is 21.2. The van der Waals surface area contributed by atoms with Crippen molar-refractivity contribution in [3.63, 3.8) is 0 Å². The summed E-state index contributed by atoms with van der Waals surface area (Å²) in [7, 11) is 1.99. The number of nitriles is 1. The van der Waals surface area contributed by atoms with E-state index in [9.17, 15) is 23.2 Å². The third-order valence-electron chi connectivity index (χ3n) is 6.40. The van der Waals surface area contributed by atoms with E-state index in [4.69, 9.17) is 5.73 Å². The molecular formula is C29H26F3N5O. The van der Waals surface area contributed by atoms with Crippen molar-refractivity contribution in [1.82, 2.24) is 14.8 Å². The van der Waals surface area contributed by atoms with Crippen molar-refractivity contribution in [2.75, 3.05) is 39.0 Å². The predicted molar refractivity (Wildman–Crippen MR) is 138 cm³/mol. The van der Waals surface area contributed by atoms with Crippen molar-refractivity contribution in [3.8, 4) is 17.9 Å². The highest BCUT2D eigenvalue weighted by Gasteiger charge is 2.34. The minimum absolute atomic E-state index is 0.192. The Morgan fingerprint density at radius 3 is 2.47 bits per heavy atom. The number of nitrogens with zero attached hydrogens (tertiary/aromatic N) is 4. The molecule has 0 bridgehead atoms. The van der Waals surface area contributed by atoms with Gasteiger partial charge in [0.2, 0.25) is 0 Å². The lowest BCUT2D eigenvalue weighted by Gasteiger charge is -2.33. The van der Waals surface area contributed by atoms with Crippen LogP contribution in [-0.2, 0) is 19.1 Å². The molecule has 38 heavy (non-hydrogen) atoms. The van der Waals surface area contributed by atoms with Crippen molar-refractivity contribution in [1.29, 1.82) is 5.26 Å². The van der Waals surface area contributed by atoms with E-state index in [1.165, 1.54) is 30.5 Å². The maximum atomic E-state index is 13.9. The number of nitrogens with two attached hydrogens (primary N) is 1. The van der Waals surface area contributed by atoms with Gasteiger partial charge in [0.15, 0.2) is 5.78 Å². The number of halogens is 3. The fourth-order valence-electron chi connectivity index (χ4n) is 4.26. The number of rotatable bonds is 5. The van der Waals surface area contributed by atoms with E-state index < -0.39 is 17.5 Å². The lowest BCUT2D eigenvalue weighted by Crippen LogP contribution is -2.44. The van der Waals surface area contributed by atoms with E-state index >= 15 is 0 Å². The van der Waals surface area contributed by atoms with Gasteiger partial charge < -0.3 is 10.6 Å². The van der Waals surface area contributed by atoms with Gasteiger partial charge in [0.25, 0.3) is 0 Å². The molecule has 6 nitrogen and oxygen atoms in total. The van der Waals surface area contributed by atoms with Crippen LogP contribution < -0.4 is 5.73 Å². The third kappa shape index (κ3) is 6.77. The number of carbonyl (C=O) groups is 1. The van der Waals surface area contributed by atoms with Crippen LogP contribution in [-0.4, -0.2) is 53.8 Å². The number of hydrogen-bond acceptors (Lipinski definition) is 6. The zero-order chi connectivity index (χ0) is 27.3. The van der Waals surface area contributed by atoms with E-state index in [1.807, 2.05) is 18.0 Å². The number of Topliss-reactive ketones (excluding diaryl/α,β-unsaturated/α-hetero) is 1. The quantitative estimate of drug-likeness (QED) is 0.405. The Morgan fingerprint density at radius 1 is 1.05 bits per heavy atom. The summed E-state index contributed by atoms with van der Waals surface area (Å²) in [6, 6.07) is 13.9. The van der Waals surface area contributed by atoms with E-state index in [-0.39, 0.29) is 41.0 Å². The largest absolute Gasteiger partial charge is 0.416 e. The van der Waals surface area contributed by atoms with Crippen LogP contribution in [0.4, 0.5) is 19.0 Å². The number of alkyl halides is 3. The van der Waals surface area contributed by atoms with Gasteiger partial charge in [-0.1, -0.05) is 24.0 Å². The zero-order valence-corrected chi connectivity index (χ0v) is 20.8. The molecule has 1 fully saturated rings. The highest BCUT2D eigenvalue weighted by Crippen LogP contribution is 2.34. The van der Waals surface area contributed by atoms with Crippen molar-refractivity contribution in [3.05, 3.63) is 93.7 Å². The normalized spacial score (nSPS) is 14.4. The van der Waals surface area contributed by atoms with Crippen LogP contribution in [0.2, 0.25) is 0 Å². The Balaban J connectivity index is 1.57. The second kappa shape index (κ2) is 11.5. The Morgan fingerprint density at radius 2 is 1.79 bits per heavy atom. The van der Waals surface area contributed by atoms with Gasteiger partial charge in [0.1, 0.15) is 5.82 Å². The number of anilines is 1. The number of nitrogen functional groups attached to an aromatic ring is 1. The molecule has 0 saturated carbocycles. The first kappa shape index (κ1) is 26.9. The van der Waals surface area contributed by atoms with Gasteiger partial charge in [-0.25, -0.2) is 4.98 Å². The van der Waals surface area contributed by atoms with E-state index in [1.54, 1.807) is 18.2 Å². The van der Waals surface area contributed by atoms with E-state index in [0.717, 1.165) is 19.2 Å². The van der Waals surface area contributed by atoms with Gasteiger partial charge in [-0.05, 0) is 54.6 Å². The van der Waals surface area contributed by atoms with Crippen LogP contribution >= 0.6 is 0 Å². The summed E-state index contributed by atoms with van der Waals surface area (Å²) in [5.41, 5.74) is 6.85. The number of benzene rings is 2. The lowest BCUT2D eigenvalue weighted by molar-refractivity contribution is -0.138. The predicted octanol–water partition coefficient (Wildman–Crippen LogP) is 4.13. The molecule has 0 atom stereocenters. The Kier molecular flexibility index (Phi) is 8.11. The van der Waals surface area contributed by atoms with Gasteiger partial charge in [-0.15, -0.1) is 0 Å².